The standard InChI is InChI=1S/C29H20F2N8S/c30-23-7-6-22(40-23)19-13-34-14-21-27(19)37-29(36-21)28-24-20(38-39-28)15-35-26(25(24)31)18-8-17(11-33-12-18)10-32-9-16-4-2-1-3-5-16/h1-8,11-15,32H,9-10H2,(H,36,37)(H,38,39). The lowest BCUT2D eigenvalue weighted by Crippen LogP contribution is -2.12. The number of rotatable bonds is 7. The summed E-state index contributed by atoms with van der Waals surface area (Å²) in [4.78, 5) is 21.5. The Morgan fingerprint density at radius 3 is 2.52 bits per heavy atom. The van der Waals surface area contributed by atoms with Gasteiger partial charge in [0.15, 0.2) is 16.8 Å². The molecule has 0 aliphatic rings. The molecule has 0 atom stereocenters. The first-order chi connectivity index (χ1) is 19.6. The first-order valence-corrected chi connectivity index (χ1v) is 13.3. The summed E-state index contributed by atoms with van der Waals surface area (Å²) >= 11 is 1.01. The maximum atomic E-state index is 16.1. The third kappa shape index (κ3) is 4.40. The van der Waals surface area contributed by atoms with Gasteiger partial charge in [-0.15, -0.1) is 11.3 Å². The molecule has 0 amide bonds. The molecule has 0 bridgehead atoms. The van der Waals surface area contributed by atoms with Gasteiger partial charge in [-0.1, -0.05) is 30.3 Å². The van der Waals surface area contributed by atoms with E-state index in [1.807, 2.05) is 24.3 Å². The largest absolute Gasteiger partial charge is 0.335 e. The van der Waals surface area contributed by atoms with Crippen LogP contribution in [-0.2, 0) is 13.1 Å². The molecule has 11 heteroatoms. The fourth-order valence-electron chi connectivity index (χ4n) is 4.69. The molecule has 196 valence electrons. The number of aromatic amines is 2. The van der Waals surface area contributed by atoms with Crippen LogP contribution < -0.4 is 5.32 Å². The van der Waals surface area contributed by atoms with Crippen LogP contribution in [0.4, 0.5) is 8.78 Å². The normalized spacial score (nSPS) is 11.6. The van der Waals surface area contributed by atoms with Gasteiger partial charge in [-0.25, -0.2) is 9.37 Å². The van der Waals surface area contributed by atoms with Crippen LogP contribution >= 0.6 is 11.3 Å². The monoisotopic (exact) mass is 550 g/mol. The summed E-state index contributed by atoms with van der Waals surface area (Å²) in [7, 11) is 0. The average molecular weight is 551 g/mol. The Kier molecular flexibility index (Phi) is 6.06. The second kappa shape index (κ2) is 10.0. The van der Waals surface area contributed by atoms with Gasteiger partial charge < -0.3 is 10.3 Å². The molecule has 0 saturated carbocycles. The van der Waals surface area contributed by atoms with Crippen LogP contribution in [0, 0.1) is 10.9 Å². The van der Waals surface area contributed by atoms with E-state index in [1.54, 1.807) is 37.1 Å². The predicted molar refractivity (Wildman–Crippen MR) is 150 cm³/mol. The van der Waals surface area contributed by atoms with Crippen LogP contribution in [0.25, 0.3) is 55.2 Å². The van der Waals surface area contributed by atoms with E-state index < -0.39 is 5.82 Å². The number of pyridine rings is 3. The highest BCUT2D eigenvalue weighted by Gasteiger charge is 2.21. The van der Waals surface area contributed by atoms with E-state index in [-0.39, 0.29) is 16.2 Å². The van der Waals surface area contributed by atoms with E-state index in [0.717, 1.165) is 16.9 Å². The number of fused-ring (bicyclic) bond motifs is 2. The third-order valence-electron chi connectivity index (χ3n) is 6.57. The fraction of sp³-hybridized carbons (Fsp3) is 0.0690. The Bertz CT molecular complexity index is 1980. The van der Waals surface area contributed by atoms with Crippen molar-refractivity contribution in [1.82, 2.24) is 40.4 Å². The Morgan fingerprint density at radius 1 is 0.825 bits per heavy atom. The summed E-state index contributed by atoms with van der Waals surface area (Å²) < 4.78 is 29.8. The minimum atomic E-state index is -0.531. The van der Waals surface area contributed by atoms with Gasteiger partial charge >= 0.3 is 0 Å². The quantitative estimate of drug-likeness (QED) is 0.216. The molecule has 0 unspecified atom stereocenters. The van der Waals surface area contributed by atoms with Crippen LogP contribution in [0.3, 0.4) is 0 Å². The smallest absolute Gasteiger partial charge is 0.176 e. The van der Waals surface area contributed by atoms with Crippen molar-refractivity contribution in [3.8, 4) is 33.2 Å². The predicted octanol–water partition coefficient (Wildman–Crippen LogP) is 6.25. The van der Waals surface area contributed by atoms with Gasteiger partial charge in [-0.3, -0.25) is 20.1 Å². The second-order valence-electron chi connectivity index (χ2n) is 9.23. The first-order valence-electron chi connectivity index (χ1n) is 12.5. The van der Waals surface area contributed by atoms with Gasteiger partial charge in [0.1, 0.15) is 16.9 Å². The van der Waals surface area contributed by atoms with Gasteiger partial charge in [0, 0.05) is 47.7 Å². The molecule has 6 heterocycles. The van der Waals surface area contributed by atoms with Gasteiger partial charge in [0.05, 0.1) is 28.8 Å². The number of nitrogens with one attached hydrogen (secondary N) is 3. The van der Waals surface area contributed by atoms with Gasteiger partial charge in [0.2, 0.25) is 0 Å². The lowest BCUT2D eigenvalue weighted by atomic mass is 10.1. The zero-order valence-corrected chi connectivity index (χ0v) is 21.6. The van der Waals surface area contributed by atoms with Crippen molar-refractivity contribution in [2.45, 2.75) is 13.1 Å². The molecule has 0 fully saturated rings. The summed E-state index contributed by atoms with van der Waals surface area (Å²) in [6, 6.07) is 15.1. The van der Waals surface area contributed by atoms with Gasteiger partial charge in [0.25, 0.3) is 0 Å². The summed E-state index contributed by atoms with van der Waals surface area (Å²) in [6.45, 7) is 1.28. The van der Waals surface area contributed by atoms with Gasteiger partial charge in [-0.2, -0.15) is 9.49 Å². The van der Waals surface area contributed by atoms with E-state index in [9.17, 15) is 4.39 Å². The Morgan fingerprint density at radius 2 is 1.68 bits per heavy atom. The van der Waals surface area contributed by atoms with Crippen molar-refractivity contribution < 1.29 is 8.78 Å². The Hall–Kier alpha value is -4.87. The van der Waals surface area contributed by atoms with E-state index in [2.05, 4.69) is 47.6 Å². The number of imidazole rings is 1. The molecular weight excluding hydrogens is 530 g/mol. The minimum Gasteiger partial charge on any atom is -0.335 e. The molecule has 0 radical (unpaired) electrons. The minimum absolute atomic E-state index is 0.167. The van der Waals surface area contributed by atoms with E-state index in [4.69, 9.17) is 4.98 Å². The maximum Gasteiger partial charge on any atom is 0.176 e. The third-order valence-corrected chi connectivity index (χ3v) is 7.48. The molecule has 0 aliphatic carbocycles. The Labute approximate surface area is 230 Å². The van der Waals surface area contributed by atoms with Crippen molar-refractivity contribution >= 4 is 33.3 Å². The Balaban J connectivity index is 1.23. The van der Waals surface area contributed by atoms with Crippen molar-refractivity contribution in [3.05, 3.63) is 102 Å². The number of aromatic nitrogens is 7. The number of thiophene rings is 1. The van der Waals surface area contributed by atoms with E-state index in [0.29, 0.717) is 57.2 Å². The SMILES string of the molecule is Fc1ccc(-c2cncc3[nH]c(-c4n[nH]c5cnc(-c6cncc(CNCc7ccccc7)c6)c(F)c45)nc23)s1. The number of hydrogen-bond acceptors (Lipinski definition) is 7. The zero-order valence-electron chi connectivity index (χ0n) is 20.8. The van der Waals surface area contributed by atoms with E-state index >= 15 is 4.39 Å². The highest BCUT2D eigenvalue weighted by Crippen LogP contribution is 2.35. The van der Waals surface area contributed by atoms with E-state index in [1.165, 1.54) is 11.6 Å². The lowest BCUT2D eigenvalue weighted by Gasteiger charge is -2.08. The molecule has 0 spiro atoms. The zero-order chi connectivity index (χ0) is 27.1. The number of benzene rings is 1. The van der Waals surface area contributed by atoms with Crippen LogP contribution in [-0.4, -0.2) is 35.1 Å². The lowest BCUT2D eigenvalue weighted by molar-refractivity contribution is 0.638. The first kappa shape index (κ1) is 24.2. The molecule has 0 saturated heterocycles. The number of nitrogens with zero attached hydrogens (tertiary/aromatic N) is 5. The highest BCUT2D eigenvalue weighted by atomic mass is 32.1. The van der Waals surface area contributed by atoms with Crippen LogP contribution in [0.15, 0.2) is 79.5 Å². The summed E-state index contributed by atoms with van der Waals surface area (Å²) in [6.07, 6.45) is 8.16. The van der Waals surface area contributed by atoms with Crippen LogP contribution in [0.2, 0.25) is 0 Å². The molecule has 6 aromatic heterocycles. The molecule has 8 nitrogen and oxygen atoms in total. The summed E-state index contributed by atoms with van der Waals surface area (Å²) in [5, 5.41) is 10.6. The summed E-state index contributed by atoms with van der Waals surface area (Å²) in [5.41, 5.74) is 5.46. The summed E-state index contributed by atoms with van der Waals surface area (Å²) in [5.74, 6) is -0.169. The number of halogens is 2. The topological polar surface area (TPSA) is 108 Å². The van der Waals surface area contributed by atoms with Crippen molar-refractivity contribution in [1.29, 1.82) is 0 Å². The average Bonchev–Trinajstić information content (AvgIpc) is 3.72. The second-order valence-corrected chi connectivity index (χ2v) is 10.3. The molecular formula is C29H20F2N8S. The van der Waals surface area contributed by atoms with Crippen molar-refractivity contribution in [2.75, 3.05) is 0 Å². The number of hydrogen-bond donors (Lipinski definition) is 3. The number of H-pyrrole nitrogens is 2. The molecule has 3 N–H and O–H groups in total. The fourth-order valence-corrected chi connectivity index (χ4v) is 5.43. The molecule has 0 aliphatic heterocycles. The molecule has 40 heavy (non-hydrogen) atoms. The van der Waals surface area contributed by atoms with Gasteiger partial charge in [-0.05, 0) is 29.3 Å². The van der Waals surface area contributed by atoms with Crippen LogP contribution in [0.5, 0.6) is 0 Å². The van der Waals surface area contributed by atoms with Crippen LogP contribution in [0.1, 0.15) is 11.1 Å². The maximum absolute atomic E-state index is 16.1. The van der Waals surface area contributed by atoms with Crippen molar-refractivity contribution in [3.63, 3.8) is 0 Å². The molecule has 7 rings (SSSR count). The molecule has 7 aromatic rings. The molecule has 1 aromatic carbocycles. The van der Waals surface area contributed by atoms with Crippen molar-refractivity contribution in [2.24, 2.45) is 0 Å². The highest BCUT2D eigenvalue weighted by molar-refractivity contribution is 7.14.